The van der Waals surface area contributed by atoms with Crippen LogP contribution in [-0.2, 0) is 13.5 Å². The minimum atomic E-state index is 0.813. The van der Waals surface area contributed by atoms with Gasteiger partial charge in [-0.05, 0) is 69.1 Å². The molecule has 0 radical (unpaired) electrons. The van der Waals surface area contributed by atoms with E-state index in [4.69, 9.17) is 0 Å². The van der Waals surface area contributed by atoms with E-state index in [-0.39, 0.29) is 0 Å². The zero-order valence-electron chi connectivity index (χ0n) is 12.3. The van der Waals surface area contributed by atoms with E-state index in [1.165, 1.54) is 37.9 Å². The highest BCUT2D eigenvalue weighted by Crippen LogP contribution is 2.23. The summed E-state index contributed by atoms with van der Waals surface area (Å²) in [6, 6.07) is 6.38. The minimum absolute atomic E-state index is 0.813. The topological polar surface area (TPSA) is 34.0 Å². The third-order valence-corrected chi connectivity index (χ3v) is 4.27. The molecule has 0 amide bonds. The molecule has 0 spiro atoms. The van der Waals surface area contributed by atoms with Crippen molar-refractivity contribution in [3.05, 3.63) is 36.2 Å². The summed E-state index contributed by atoms with van der Waals surface area (Å²) in [7, 11) is 4.17. The maximum absolute atomic E-state index is 4.48. The quantitative estimate of drug-likeness (QED) is 0.858. The molecule has 2 aromatic rings. The highest BCUT2D eigenvalue weighted by atomic mass is 15.3. The van der Waals surface area contributed by atoms with Gasteiger partial charge in [-0.15, -0.1) is 0 Å². The van der Waals surface area contributed by atoms with Crippen molar-refractivity contribution < 1.29 is 0 Å². The third-order valence-electron chi connectivity index (χ3n) is 4.27. The molecule has 4 heteroatoms. The largest absolute Gasteiger partial charge is 0.306 e. The number of hydrogen-bond donors (Lipinski definition) is 0. The predicted octanol–water partition coefficient (Wildman–Crippen LogP) is 2.37. The number of nitrogens with zero attached hydrogens (tertiary/aromatic N) is 4. The summed E-state index contributed by atoms with van der Waals surface area (Å²) < 4.78 is 1.88. The summed E-state index contributed by atoms with van der Waals surface area (Å²) >= 11 is 0. The molecule has 0 N–H and O–H groups in total. The lowest BCUT2D eigenvalue weighted by Crippen LogP contribution is -2.30. The lowest BCUT2D eigenvalue weighted by molar-refractivity contribution is 0.219. The van der Waals surface area contributed by atoms with E-state index in [1.54, 1.807) is 0 Å². The summed E-state index contributed by atoms with van der Waals surface area (Å²) in [5.74, 6) is 0.813. The Hall–Kier alpha value is -1.68. The van der Waals surface area contributed by atoms with Gasteiger partial charge in [-0.25, -0.2) is 0 Å². The molecule has 4 nitrogen and oxygen atoms in total. The van der Waals surface area contributed by atoms with Gasteiger partial charge in [0.15, 0.2) is 0 Å². The van der Waals surface area contributed by atoms with E-state index in [0.29, 0.717) is 0 Å². The molecule has 0 saturated carbocycles. The molecule has 1 aliphatic heterocycles. The van der Waals surface area contributed by atoms with Gasteiger partial charge in [-0.1, -0.05) is 0 Å². The maximum atomic E-state index is 4.48. The molecule has 1 fully saturated rings. The molecule has 2 aromatic heterocycles. The van der Waals surface area contributed by atoms with Crippen molar-refractivity contribution in [2.24, 2.45) is 13.0 Å². The van der Waals surface area contributed by atoms with Crippen LogP contribution in [0.2, 0.25) is 0 Å². The van der Waals surface area contributed by atoms with Crippen molar-refractivity contribution in [1.29, 1.82) is 0 Å². The van der Waals surface area contributed by atoms with Gasteiger partial charge in [0.25, 0.3) is 0 Å². The number of piperidine rings is 1. The van der Waals surface area contributed by atoms with Gasteiger partial charge in [0.1, 0.15) is 0 Å². The summed E-state index contributed by atoms with van der Waals surface area (Å²) in [5, 5.41) is 4.22. The Morgan fingerprint density at radius 3 is 2.65 bits per heavy atom. The van der Waals surface area contributed by atoms with Crippen LogP contribution in [-0.4, -0.2) is 39.8 Å². The van der Waals surface area contributed by atoms with Crippen molar-refractivity contribution in [3.63, 3.8) is 0 Å². The first-order valence-corrected chi connectivity index (χ1v) is 7.34. The van der Waals surface area contributed by atoms with Gasteiger partial charge in [0.05, 0.1) is 11.4 Å². The predicted molar refractivity (Wildman–Crippen MR) is 80.4 cm³/mol. The van der Waals surface area contributed by atoms with Crippen LogP contribution < -0.4 is 0 Å². The highest BCUT2D eigenvalue weighted by Gasteiger charge is 2.17. The van der Waals surface area contributed by atoms with Gasteiger partial charge in [0.2, 0.25) is 0 Å². The molecule has 0 bridgehead atoms. The van der Waals surface area contributed by atoms with Gasteiger partial charge in [-0.2, -0.15) is 5.10 Å². The van der Waals surface area contributed by atoms with Crippen molar-refractivity contribution in [1.82, 2.24) is 19.7 Å². The molecule has 3 rings (SSSR count). The van der Waals surface area contributed by atoms with Gasteiger partial charge < -0.3 is 4.90 Å². The molecular formula is C16H22N4. The molecule has 3 heterocycles. The van der Waals surface area contributed by atoms with Gasteiger partial charge in [0, 0.05) is 19.4 Å². The number of rotatable bonds is 3. The molecule has 1 saturated heterocycles. The second kappa shape index (κ2) is 5.75. The Balaban J connectivity index is 1.73. The van der Waals surface area contributed by atoms with E-state index in [0.717, 1.165) is 17.3 Å². The Morgan fingerprint density at radius 1 is 1.15 bits per heavy atom. The second-order valence-corrected chi connectivity index (χ2v) is 5.84. The average Bonchev–Trinajstić information content (AvgIpc) is 2.88. The fourth-order valence-electron chi connectivity index (χ4n) is 2.97. The zero-order valence-corrected chi connectivity index (χ0v) is 12.3. The van der Waals surface area contributed by atoms with Gasteiger partial charge >= 0.3 is 0 Å². The Labute approximate surface area is 120 Å². The van der Waals surface area contributed by atoms with E-state index in [2.05, 4.69) is 34.2 Å². The second-order valence-electron chi connectivity index (χ2n) is 5.84. The van der Waals surface area contributed by atoms with Crippen molar-refractivity contribution in [3.8, 4) is 11.4 Å². The first-order chi connectivity index (χ1) is 9.72. The fourth-order valence-corrected chi connectivity index (χ4v) is 2.97. The standard InChI is InChI=1S/C16H22N4/c1-19-9-5-13(6-10-19)11-14-3-7-17-15(12-14)16-4-8-18-20(16)2/h3-4,7-8,12-13H,5-6,9-11H2,1-2H3. The first kappa shape index (κ1) is 13.3. The number of likely N-dealkylation sites (tertiary alicyclic amines) is 1. The fraction of sp³-hybridized carbons (Fsp3) is 0.500. The lowest BCUT2D eigenvalue weighted by Gasteiger charge is -2.29. The Bertz CT molecular complexity index is 567. The van der Waals surface area contributed by atoms with E-state index in [9.17, 15) is 0 Å². The number of aromatic nitrogens is 3. The van der Waals surface area contributed by atoms with Crippen LogP contribution in [0.1, 0.15) is 18.4 Å². The number of pyridine rings is 1. The van der Waals surface area contributed by atoms with Crippen LogP contribution in [0.25, 0.3) is 11.4 Å². The Kier molecular flexibility index (Phi) is 3.83. The van der Waals surface area contributed by atoms with Crippen LogP contribution in [0.4, 0.5) is 0 Å². The first-order valence-electron chi connectivity index (χ1n) is 7.34. The molecular weight excluding hydrogens is 248 g/mol. The summed E-state index contributed by atoms with van der Waals surface area (Å²) in [6.45, 7) is 2.45. The molecule has 1 aliphatic rings. The SMILES string of the molecule is CN1CCC(Cc2ccnc(-c3ccnn3C)c2)CC1. The van der Waals surface area contributed by atoms with E-state index >= 15 is 0 Å². The number of aryl methyl sites for hydroxylation is 1. The molecule has 0 aliphatic carbocycles. The zero-order chi connectivity index (χ0) is 13.9. The average molecular weight is 270 g/mol. The minimum Gasteiger partial charge on any atom is -0.306 e. The van der Waals surface area contributed by atoms with Crippen LogP contribution in [0, 0.1) is 5.92 Å². The molecule has 0 atom stereocenters. The Morgan fingerprint density at radius 2 is 1.95 bits per heavy atom. The van der Waals surface area contributed by atoms with Crippen LogP contribution in [0.3, 0.4) is 0 Å². The monoisotopic (exact) mass is 270 g/mol. The molecule has 0 unspecified atom stereocenters. The lowest BCUT2D eigenvalue weighted by atomic mass is 9.90. The van der Waals surface area contributed by atoms with Gasteiger partial charge in [-0.3, -0.25) is 9.67 Å². The summed E-state index contributed by atoms with van der Waals surface area (Å²) in [5.41, 5.74) is 3.50. The summed E-state index contributed by atoms with van der Waals surface area (Å²) in [6.07, 6.45) is 7.52. The highest BCUT2D eigenvalue weighted by molar-refractivity contribution is 5.54. The molecule has 20 heavy (non-hydrogen) atoms. The summed E-state index contributed by atoms with van der Waals surface area (Å²) in [4.78, 5) is 6.90. The normalized spacial score (nSPS) is 17.5. The van der Waals surface area contributed by atoms with Crippen LogP contribution in [0.5, 0.6) is 0 Å². The van der Waals surface area contributed by atoms with Crippen LogP contribution in [0.15, 0.2) is 30.6 Å². The number of hydrogen-bond acceptors (Lipinski definition) is 3. The van der Waals surface area contributed by atoms with Crippen molar-refractivity contribution >= 4 is 0 Å². The smallest absolute Gasteiger partial charge is 0.0885 e. The maximum Gasteiger partial charge on any atom is 0.0885 e. The molecule has 0 aromatic carbocycles. The van der Waals surface area contributed by atoms with Crippen molar-refractivity contribution in [2.75, 3.05) is 20.1 Å². The van der Waals surface area contributed by atoms with Crippen molar-refractivity contribution in [2.45, 2.75) is 19.3 Å². The van der Waals surface area contributed by atoms with Crippen LogP contribution >= 0.6 is 0 Å². The van der Waals surface area contributed by atoms with E-state index < -0.39 is 0 Å². The third kappa shape index (κ3) is 2.90. The van der Waals surface area contributed by atoms with E-state index in [1.807, 2.05) is 30.2 Å². The molecule has 106 valence electrons.